The highest BCUT2D eigenvalue weighted by Crippen LogP contribution is 2.36. The van der Waals surface area contributed by atoms with E-state index < -0.39 is 11.7 Å². The van der Waals surface area contributed by atoms with E-state index in [0.29, 0.717) is 47.4 Å². The highest BCUT2D eigenvalue weighted by Gasteiger charge is 2.41. The molecule has 1 amide bonds. The van der Waals surface area contributed by atoms with Gasteiger partial charge in [-0.25, -0.2) is 14.4 Å². The number of rotatable bonds is 9. The zero-order chi connectivity index (χ0) is 27.2. The Bertz CT molecular complexity index is 1410. The highest BCUT2D eigenvalue weighted by atomic mass is 19.1. The number of aromatic amines is 1. The van der Waals surface area contributed by atoms with Crippen molar-refractivity contribution in [2.45, 2.75) is 13.2 Å². The van der Waals surface area contributed by atoms with Crippen LogP contribution in [0, 0.1) is 11.2 Å². The number of carbonyl (C=O) groups is 1. The quantitative estimate of drug-likeness (QED) is 0.304. The summed E-state index contributed by atoms with van der Waals surface area (Å²) >= 11 is 0. The average molecular weight is 534 g/mol. The number of ether oxygens (including phenoxy) is 4. The van der Waals surface area contributed by atoms with E-state index in [0.717, 1.165) is 0 Å². The third-order valence-corrected chi connectivity index (χ3v) is 6.16. The van der Waals surface area contributed by atoms with Crippen LogP contribution >= 0.6 is 0 Å². The number of para-hydroxylation sites is 1. The van der Waals surface area contributed by atoms with Crippen molar-refractivity contribution >= 4 is 11.6 Å². The lowest BCUT2D eigenvalue weighted by Gasteiger charge is -2.35. The van der Waals surface area contributed by atoms with Gasteiger partial charge < -0.3 is 29.2 Å². The van der Waals surface area contributed by atoms with Gasteiger partial charge in [0.1, 0.15) is 12.4 Å². The number of hydrogen-bond donors (Lipinski definition) is 2. The number of halogens is 1. The van der Waals surface area contributed by atoms with Crippen LogP contribution in [0.15, 0.2) is 66.9 Å². The molecule has 1 saturated heterocycles. The van der Waals surface area contributed by atoms with Crippen molar-refractivity contribution in [2.75, 3.05) is 38.9 Å². The fourth-order valence-corrected chi connectivity index (χ4v) is 3.97. The summed E-state index contributed by atoms with van der Waals surface area (Å²) in [5, 5.41) is 2.90. The first-order valence-electron chi connectivity index (χ1n) is 12.4. The SMILES string of the molecule is COCCOc1nccc(-c2[nH]c(C3OCC(C)(C(=O)Nc4ccccc4)CO3)nc2-c2ccc(F)cc2)n1. The Morgan fingerprint density at radius 1 is 1.08 bits per heavy atom. The summed E-state index contributed by atoms with van der Waals surface area (Å²) in [7, 11) is 1.58. The summed E-state index contributed by atoms with van der Waals surface area (Å²) in [6.45, 7) is 2.69. The summed E-state index contributed by atoms with van der Waals surface area (Å²) in [6, 6.07) is 17.1. The van der Waals surface area contributed by atoms with Crippen LogP contribution in [0.3, 0.4) is 0 Å². The van der Waals surface area contributed by atoms with E-state index in [4.69, 9.17) is 23.9 Å². The molecule has 0 aliphatic carbocycles. The molecule has 1 aliphatic heterocycles. The number of benzene rings is 2. The molecule has 0 radical (unpaired) electrons. The van der Waals surface area contributed by atoms with Crippen molar-refractivity contribution in [3.63, 3.8) is 0 Å². The molecule has 5 rings (SSSR count). The Hall–Kier alpha value is -4.19. The van der Waals surface area contributed by atoms with Gasteiger partial charge in [-0.05, 0) is 49.4 Å². The van der Waals surface area contributed by atoms with Crippen molar-refractivity contribution in [3.8, 4) is 28.7 Å². The van der Waals surface area contributed by atoms with Crippen molar-refractivity contribution in [1.82, 2.24) is 19.9 Å². The molecule has 1 aliphatic rings. The minimum atomic E-state index is -0.900. The van der Waals surface area contributed by atoms with E-state index >= 15 is 0 Å². The molecule has 10 nitrogen and oxygen atoms in total. The summed E-state index contributed by atoms with van der Waals surface area (Å²) in [5.41, 5.74) is 2.05. The standard InChI is InChI=1S/C28H28FN5O5/c1-28(26(35)31-20-6-4-3-5-7-20)16-38-25(39-17-28)24-33-22(18-8-10-19(29)11-9-18)23(34-24)21-12-13-30-27(32-21)37-15-14-36-2/h3-13,25H,14-17H2,1-2H3,(H,31,35)(H,33,34). The molecule has 0 bridgehead atoms. The lowest BCUT2D eigenvalue weighted by Crippen LogP contribution is -2.45. The Morgan fingerprint density at radius 2 is 1.82 bits per heavy atom. The first-order valence-corrected chi connectivity index (χ1v) is 12.4. The van der Waals surface area contributed by atoms with Crippen LogP contribution in [0.2, 0.25) is 0 Å². The van der Waals surface area contributed by atoms with Crippen LogP contribution in [0.25, 0.3) is 22.6 Å². The number of anilines is 1. The minimum absolute atomic E-state index is 0.114. The number of nitrogens with one attached hydrogen (secondary N) is 2. The molecule has 0 spiro atoms. The Kier molecular flexibility index (Phi) is 7.92. The van der Waals surface area contributed by atoms with Crippen LogP contribution in [0.1, 0.15) is 19.0 Å². The predicted octanol–water partition coefficient (Wildman–Crippen LogP) is 4.39. The van der Waals surface area contributed by atoms with Crippen molar-refractivity contribution < 1.29 is 28.1 Å². The average Bonchev–Trinajstić information content (AvgIpc) is 3.40. The number of methoxy groups -OCH3 is 1. The monoisotopic (exact) mass is 533 g/mol. The molecule has 0 saturated carbocycles. The predicted molar refractivity (Wildman–Crippen MR) is 140 cm³/mol. The maximum Gasteiger partial charge on any atom is 0.317 e. The molecule has 0 unspecified atom stereocenters. The van der Waals surface area contributed by atoms with E-state index in [-0.39, 0.29) is 30.9 Å². The van der Waals surface area contributed by atoms with Gasteiger partial charge in [0, 0.05) is 24.6 Å². The number of imidazole rings is 1. The Labute approximate surface area is 224 Å². The van der Waals surface area contributed by atoms with E-state index in [1.807, 2.05) is 30.3 Å². The number of amides is 1. The van der Waals surface area contributed by atoms with Crippen molar-refractivity contribution in [3.05, 3.63) is 78.5 Å². The van der Waals surface area contributed by atoms with E-state index in [2.05, 4.69) is 20.3 Å². The molecule has 2 aromatic heterocycles. The molecule has 39 heavy (non-hydrogen) atoms. The van der Waals surface area contributed by atoms with E-state index in [1.165, 1.54) is 12.1 Å². The molecule has 4 aromatic rings. The second-order valence-corrected chi connectivity index (χ2v) is 9.25. The second-order valence-electron chi connectivity index (χ2n) is 9.25. The maximum atomic E-state index is 13.6. The maximum absolute atomic E-state index is 13.6. The minimum Gasteiger partial charge on any atom is -0.461 e. The van der Waals surface area contributed by atoms with Crippen molar-refractivity contribution in [1.29, 1.82) is 0 Å². The number of nitrogens with zero attached hydrogens (tertiary/aromatic N) is 3. The van der Waals surface area contributed by atoms with Crippen LogP contribution < -0.4 is 10.1 Å². The van der Waals surface area contributed by atoms with Gasteiger partial charge in [-0.15, -0.1) is 0 Å². The van der Waals surface area contributed by atoms with E-state index in [9.17, 15) is 9.18 Å². The molecule has 0 atom stereocenters. The first-order chi connectivity index (χ1) is 18.9. The van der Waals surface area contributed by atoms with Gasteiger partial charge in [0.05, 0.1) is 42.3 Å². The lowest BCUT2D eigenvalue weighted by atomic mass is 9.91. The highest BCUT2D eigenvalue weighted by molar-refractivity contribution is 5.95. The third-order valence-electron chi connectivity index (χ3n) is 6.16. The molecule has 3 heterocycles. The first kappa shape index (κ1) is 26.4. The zero-order valence-corrected chi connectivity index (χ0v) is 21.5. The summed E-state index contributed by atoms with van der Waals surface area (Å²) in [5.74, 6) is -0.185. The van der Waals surface area contributed by atoms with Gasteiger partial charge in [-0.2, -0.15) is 4.98 Å². The molecule has 202 valence electrons. The van der Waals surface area contributed by atoms with Gasteiger partial charge in [-0.1, -0.05) is 18.2 Å². The number of carbonyl (C=O) groups excluding carboxylic acids is 1. The summed E-state index contributed by atoms with van der Waals surface area (Å²) in [4.78, 5) is 29.6. The Morgan fingerprint density at radius 3 is 2.54 bits per heavy atom. The van der Waals surface area contributed by atoms with Crippen LogP contribution in [-0.4, -0.2) is 59.4 Å². The number of aromatic nitrogens is 4. The number of H-pyrrole nitrogens is 1. The van der Waals surface area contributed by atoms with Gasteiger partial charge in [0.15, 0.2) is 5.82 Å². The largest absolute Gasteiger partial charge is 0.461 e. The molecule has 1 fully saturated rings. The van der Waals surface area contributed by atoms with Crippen LogP contribution in [0.5, 0.6) is 6.01 Å². The normalized spacial score (nSPS) is 19.0. The third kappa shape index (κ3) is 6.11. The molecule has 2 aromatic carbocycles. The van der Waals surface area contributed by atoms with E-state index in [1.54, 1.807) is 38.4 Å². The molecular formula is C28H28FN5O5. The molecule has 2 N–H and O–H groups in total. The van der Waals surface area contributed by atoms with Gasteiger partial charge in [-0.3, -0.25) is 4.79 Å². The zero-order valence-electron chi connectivity index (χ0n) is 21.5. The fraction of sp³-hybridized carbons (Fsp3) is 0.286. The number of hydrogen-bond acceptors (Lipinski definition) is 8. The van der Waals surface area contributed by atoms with Gasteiger partial charge in [0.2, 0.25) is 12.2 Å². The molecule has 11 heteroatoms. The molecular weight excluding hydrogens is 505 g/mol. The van der Waals surface area contributed by atoms with Gasteiger partial charge in [0.25, 0.3) is 0 Å². The second kappa shape index (κ2) is 11.7. The topological polar surface area (TPSA) is 120 Å². The smallest absolute Gasteiger partial charge is 0.317 e. The Balaban J connectivity index is 1.38. The summed E-state index contributed by atoms with van der Waals surface area (Å²) in [6.07, 6.45) is 0.721. The van der Waals surface area contributed by atoms with Gasteiger partial charge >= 0.3 is 6.01 Å². The van der Waals surface area contributed by atoms with Crippen molar-refractivity contribution in [2.24, 2.45) is 5.41 Å². The summed E-state index contributed by atoms with van der Waals surface area (Å²) < 4.78 is 36.2. The fourth-order valence-electron chi connectivity index (χ4n) is 3.97. The van der Waals surface area contributed by atoms with Crippen LogP contribution in [-0.2, 0) is 19.0 Å². The van der Waals surface area contributed by atoms with Crippen LogP contribution in [0.4, 0.5) is 10.1 Å². The lowest BCUT2D eigenvalue weighted by molar-refractivity contribution is -0.229.